The minimum Gasteiger partial charge on any atom is -0.330 e. The number of halogens is 4. The average molecular weight is 565 g/mol. The number of nitrogens with zero attached hydrogens (tertiary/aromatic N) is 3. The van der Waals surface area contributed by atoms with Gasteiger partial charge >= 0.3 is 6.18 Å². The van der Waals surface area contributed by atoms with Gasteiger partial charge in [0.25, 0.3) is 5.91 Å². The monoisotopic (exact) mass is 564 g/mol. The molecule has 11 heteroatoms. The van der Waals surface area contributed by atoms with Crippen molar-refractivity contribution in [2.24, 2.45) is 17.6 Å². The Kier molecular flexibility index (Phi) is 8.06. The van der Waals surface area contributed by atoms with E-state index in [4.69, 9.17) is 11.0 Å². The maximum atomic E-state index is 15.0. The Bertz CT molecular complexity index is 1530. The molecule has 2 atom stereocenters. The number of hydrogen-bond acceptors (Lipinski definition) is 5. The van der Waals surface area contributed by atoms with Gasteiger partial charge in [-0.15, -0.1) is 0 Å². The number of benzene rings is 2. The molecule has 0 radical (unpaired) electrons. The van der Waals surface area contributed by atoms with Crippen molar-refractivity contribution < 1.29 is 22.4 Å². The molecule has 5 rings (SSSR count). The first-order valence-corrected chi connectivity index (χ1v) is 13.3. The van der Waals surface area contributed by atoms with Gasteiger partial charge in [0.15, 0.2) is 5.69 Å². The molecule has 3 aromatic rings. The van der Waals surface area contributed by atoms with E-state index in [1.54, 1.807) is 36.4 Å². The first kappa shape index (κ1) is 28.3. The minimum absolute atomic E-state index is 0.124. The number of hydrogen-bond donors (Lipinski definition) is 3. The lowest BCUT2D eigenvalue weighted by atomic mass is 9.97. The Hall–Kier alpha value is -4.27. The van der Waals surface area contributed by atoms with Crippen LogP contribution < -0.4 is 16.4 Å². The number of amides is 1. The second-order valence-corrected chi connectivity index (χ2v) is 10.3. The number of carbonyl (C=O) groups excluding carboxylic acids is 1. The van der Waals surface area contributed by atoms with Crippen LogP contribution in [0.25, 0.3) is 5.70 Å². The summed E-state index contributed by atoms with van der Waals surface area (Å²) in [6.45, 7) is 1.01. The fraction of sp³-hybridized carbons (Fsp3) is 0.300. The molecule has 0 aliphatic heterocycles. The van der Waals surface area contributed by atoms with Crippen molar-refractivity contribution in [1.29, 1.82) is 5.26 Å². The molecular weight excluding hydrogens is 536 g/mol. The van der Waals surface area contributed by atoms with E-state index in [2.05, 4.69) is 21.8 Å². The maximum absolute atomic E-state index is 15.0. The van der Waals surface area contributed by atoms with Crippen molar-refractivity contribution in [2.75, 3.05) is 18.4 Å². The number of allylic oxidation sites excluding steroid dienone is 3. The van der Waals surface area contributed by atoms with Gasteiger partial charge in [-0.2, -0.15) is 23.5 Å². The predicted molar refractivity (Wildman–Crippen MR) is 146 cm³/mol. The molecule has 7 nitrogen and oxygen atoms in total. The van der Waals surface area contributed by atoms with Gasteiger partial charge in [0.05, 0.1) is 29.1 Å². The van der Waals surface area contributed by atoms with Gasteiger partial charge in [0, 0.05) is 6.07 Å². The first-order chi connectivity index (χ1) is 19.7. The maximum Gasteiger partial charge on any atom is 0.435 e. The Morgan fingerprint density at radius 3 is 2.54 bits per heavy atom. The van der Waals surface area contributed by atoms with Crippen molar-refractivity contribution in [2.45, 2.75) is 31.5 Å². The van der Waals surface area contributed by atoms with Gasteiger partial charge < -0.3 is 16.4 Å². The van der Waals surface area contributed by atoms with E-state index in [-0.39, 0.29) is 29.9 Å². The van der Waals surface area contributed by atoms with Crippen LogP contribution in [0.3, 0.4) is 0 Å². The van der Waals surface area contributed by atoms with E-state index in [0.717, 1.165) is 29.6 Å². The fourth-order valence-electron chi connectivity index (χ4n) is 4.70. The molecule has 1 amide bonds. The van der Waals surface area contributed by atoms with Crippen molar-refractivity contribution >= 4 is 17.3 Å². The van der Waals surface area contributed by atoms with E-state index >= 15 is 0 Å². The van der Waals surface area contributed by atoms with Gasteiger partial charge in [-0.05, 0) is 85.7 Å². The van der Waals surface area contributed by atoms with E-state index in [1.807, 2.05) is 12.1 Å². The Morgan fingerprint density at radius 2 is 1.88 bits per heavy atom. The molecule has 41 heavy (non-hydrogen) atoms. The number of alkyl halides is 3. The molecule has 1 aromatic heterocycles. The molecule has 1 fully saturated rings. The largest absolute Gasteiger partial charge is 0.435 e. The number of aromatic nitrogens is 2. The van der Waals surface area contributed by atoms with Crippen molar-refractivity contribution in [3.63, 3.8) is 0 Å². The van der Waals surface area contributed by atoms with Crippen LogP contribution in [-0.2, 0) is 6.18 Å². The smallest absolute Gasteiger partial charge is 0.330 e. The van der Waals surface area contributed by atoms with Crippen LogP contribution in [0.2, 0.25) is 0 Å². The van der Waals surface area contributed by atoms with Gasteiger partial charge in [-0.3, -0.25) is 4.79 Å². The molecule has 212 valence electrons. The summed E-state index contributed by atoms with van der Waals surface area (Å²) >= 11 is 0. The van der Waals surface area contributed by atoms with Gasteiger partial charge in [-0.1, -0.05) is 30.4 Å². The summed E-state index contributed by atoms with van der Waals surface area (Å²) in [6, 6.07) is 13.6. The molecule has 2 aromatic carbocycles. The number of nitrogens with one attached hydrogen (secondary N) is 2. The van der Waals surface area contributed by atoms with Crippen LogP contribution in [0.1, 0.15) is 58.2 Å². The van der Waals surface area contributed by atoms with Gasteiger partial charge in [-0.25, -0.2) is 9.07 Å². The summed E-state index contributed by atoms with van der Waals surface area (Å²) in [5.41, 5.74) is 6.16. The van der Waals surface area contributed by atoms with Crippen molar-refractivity contribution in [3.05, 3.63) is 101 Å². The predicted octanol–water partition coefficient (Wildman–Crippen LogP) is 5.63. The van der Waals surface area contributed by atoms with Crippen molar-refractivity contribution in [3.8, 4) is 6.07 Å². The minimum atomic E-state index is -4.79. The molecule has 1 heterocycles. The molecule has 0 spiro atoms. The highest BCUT2D eigenvalue weighted by atomic mass is 19.4. The van der Waals surface area contributed by atoms with Crippen LogP contribution in [0.4, 0.5) is 23.2 Å². The van der Waals surface area contributed by atoms with E-state index in [9.17, 15) is 22.4 Å². The third-order valence-electron chi connectivity index (χ3n) is 7.17. The van der Waals surface area contributed by atoms with E-state index in [1.165, 1.54) is 12.1 Å². The zero-order valence-corrected chi connectivity index (χ0v) is 22.0. The molecular formula is C30H28F4N6O. The molecule has 2 aliphatic rings. The summed E-state index contributed by atoms with van der Waals surface area (Å²) in [6.07, 6.45) is 3.04. The highest BCUT2D eigenvalue weighted by molar-refractivity contribution is 6.04. The third-order valence-corrected chi connectivity index (χ3v) is 7.17. The molecule has 4 N–H and O–H groups in total. The lowest BCUT2D eigenvalue weighted by molar-refractivity contribution is -0.141. The van der Waals surface area contributed by atoms with Crippen LogP contribution >= 0.6 is 0 Å². The summed E-state index contributed by atoms with van der Waals surface area (Å²) in [7, 11) is 0. The summed E-state index contributed by atoms with van der Waals surface area (Å²) in [5.74, 6) is -1.28. The summed E-state index contributed by atoms with van der Waals surface area (Å²) in [5, 5.41) is 18.7. The van der Waals surface area contributed by atoms with Crippen molar-refractivity contribution in [1.82, 2.24) is 15.1 Å². The molecule has 1 saturated carbocycles. The quantitative estimate of drug-likeness (QED) is 0.292. The van der Waals surface area contributed by atoms with E-state index < -0.39 is 29.3 Å². The average Bonchev–Trinajstić information content (AvgIpc) is 3.68. The third kappa shape index (κ3) is 6.56. The number of anilines is 1. The van der Waals surface area contributed by atoms with Crippen LogP contribution in [0.5, 0.6) is 0 Å². The molecule has 2 aliphatic carbocycles. The second-order valence-electron chi connectivity index (χ2n) is 10.3. The van der Waals surface area contributed by atoms with E-state index in [0.29, 0.717) is 29.5 Å². The Morgan fingerprint density at radius 1 is 1.15 bits per heavy atom. The standard InChI is InChI=1S/C30H28F4N6O/c31-24-11-10-22(28(37-17-19-4-5-19)21-8-6-18(15-35)7-9-21)13-25(24)38-29(41)26-14-27(30(32,33)34)39-40(26)23-3-1-2-20(12-23)16-36/h1,3,6-14,19-20,28,37H,2,4-5,16-17,36H2,(H,38,41). The lowest BCUT2D eigenvalue weighted by Gasteiger charge is -2.21. The van der Waals surface area contributed by atoms with Crippen LogP contribution in [-0.4, -0.2) is 28.8 Å². The number of nitriles is 1. The lowest BCUT2D eigenvalue weighted by Crippen LogP contribution is -2.25. The summed E-state index contributed by atoms with van der Waals surface area (Å²) in [4.78, 5) is 13.3. The van der Waals surface area contributed by atoms with Gasteiger partial charge in [0.2, 0.25) is 0 Å². The zero-order chi connectivity index (χ0) is 29.1. The number of rotatable bonds is 9. The Balaban J connectivity index is 1.47. The first-order valence-electron chi connectivity index (χ1n) is 13.3. The highest BCUT2D eigenvalue weighted by Crippen LogP contribution is 2.33. The normalized spacial score (nSPS) is 17.6. The second kappa shape index (κ2) is 11.7. The molecule has 0 saturated heterocycles. The van der Waals surface area contributed by atoms with Gasteiger partial charge in [0.1, 0.15) is 11.5 Å². The Labute approximate surface area is 234 Å². The van der Waals surface area contributed by atoms with Crippen LogP contribution in [0.15, 0.2) is 66.8 Å². The topological polar surface area (TPSA) is 109 Å². The SMILES string of the molecule is N#Cc1ccc(C(NCC2CC2)c2ccc(F)c(NC(=O)c3cc(C(F)(F)F)nn3C3=CC(CN)CC=C3)c2)cc1. The highest BCUT2D eigenvalue weighted by Gasteiger charge is 2.36. The fourth-order valence-corrected chi connectivity index (χ4v) is 4.70. The zero-order valence-electron chi connectivity index (χ0n) is 22.0. The molecule has 2 unspecified atom stereocenters. The number of carbonyl (C=O) groups is 1. The van der Waals surface area contributed by atoms with Crippen LogP contribution in [0, 0.1) is 29.0 Å². The molecule has 0 bridgehead atoms. The number of nitrogens with two attached hydrogens (primary N) is 1. The summed E-state index contributed by atoms with van der Waals surface area (Å²) < 4.78 is 56.6.